The molecule has 3 heteroatoms. The monoisotopic (exact) mass is 230 g/mol. The van der Waals surface area contributed by atoms with E-state index in [1.807, 2.05) is 6.92 Å². The summed E-state index contributed by atoms with van der Waals surface area (Å²) in [6.07, 6.45) is 4.76. The number of ether oxygens (including phenoxy) is 2. The molecule has 0 aromatic heterocycles. The van der Waals surface area contributed by atoms with Gasteiger partial charge in [-0.25, -0.2) is 4.79 Å². The third-order valence-corrected chi connectivity index (χ3v) is 2.53. The lowest BCUT2D eigenvalue weighted by atomic mass is 10.1. The quantitative estimate of drug-likeness (QED) is 0.587. The molecule has 0 fully saturated rings. The first-order chi connectivity index (χ1) is 7.60. The van der Waals surface area contributed by atoms with Crippen LogP contribution in [0.2, 0.25) is 0 Å². The van der Waals surface area contributed by atoms with Crippen LogP contribution in [0.1, 0.15) is 59.8 Å². The molecule has 3 nitrogen and oxygen atoms in total. The number of hydrogen-bond acceptors (Lipinski definition) is 3. The summed E-state index contributed by atoms with van der Waals surface area (Å²) in [5, 5.41) is 0. The minimum atomic E-state index is -0.522. The Morgan fingerprint density at radius 2 is 1.81 bits per heavy atom. The van der Waals surface area contributed by atoms with Gasteiger partial charge in [0.1, 0.15) is 6.10 Å². The Morgan fingerprint density at radius 1 is 1.12 bits per heavy atom. The molecule has 0 aromatic rings. The summed E-state index contributed by atoms with van der Waals surface area (Å²) in [5.74, 6) is 0.420. The van der Waals surface area contributed by atoms with Crippen LogP contribution < -0.4 is 0 Å². The van der Waals surface area contributed by atoms with E-state index in [1.165, 1.54) is 0 Å². The zero-order valence-corrected chi connectivity index (χ0v) is 11.1. The van der Waals surface area contributed by atoms with Crippen LogP contribution in [0.25, 0.3) is 0 Å². The van der Waals surface area contributed by atoms with E-state index >= 15 is 0 Å². The summed E-state index contributed by atoms with van der Waals surface area (Å²) in [6.45, 7) is 8.70. The fraction of sp³-hybridized carbons (Fsp3) is 0.923. The van der Waals surface area contributed by atoms with Gasteiger partial charge in [-0.15, -0.1) is 0 Å². The van der Waals surface area contributed by atoms with E-state index in [4.69, 9.17) is 9.47 Å². The SMILES string of the molecule is CCCCC(C)OC(=O)OCC(C)CCC. The molecule has 0 radical (unpaired) electrons. The van der Waals surface area contributed by atoms with Gasteiger partial charge in [0, 0.05) is 0 Å². The van der Waals surface area contributed by atoms with Crippen molar-refractivity contribution in [2.75, 3.05) is 6.61 Å². The molecule has 0 aromatic carbocycles. The van der Waals surface area contributed by atoms with Crippen molar-refractivity contribution in [3.8, 4) is 0 Å². The maximum atomic E-state index is 11.3. The van der Waals surface area contributed by atoms with Gasteiger partial charge in [-0.3, -0.25) is 0 Å². The summed E-state index contributed by atoms with van der Waals surface area (Å²) in [5.41, 5.74) is 0. The van der Waals surface area contributed by atoms with Gasteiger partial charge in [-0.1, -0.05) is 40.0 Å². The summed E-state index contributed by atoms with van der Waals surface area (Å²) < 4.78 is 10.2. The van der Waals surface area contributed by atoms with Gasteiger partial charge >= 0.3 is 6.16 Å². The smallest absolute Gasteiger partial charge is 0.434 e. The van der Waals surface area contributed by atoms with Crippen molar-refractivity contribution < 1.29 is 14.3 Å². The second-order valence-corrected chi connectivity index (χ2v) is 4.53. The molecule has 0 saturated carbocycles. The third kappa shape index (κ3) is 8.57. The largest absolute Gasteiger partial charge is 0.508 e. The molecule has 0 aliphatic rings. The van der Waals surface area contributed by atoms with Gasteiger partial charge in [-0.05, 0) is 25.7 Å². The standard InChI is InChI=1S/C13H26O3/c1-5-7-9-12(4)16-13(14)15-10-11(3)8-6-2/h11-12H,5-10H2,1-4H3. The molecule has 0 bridgehead atoms. The van der Waals surface area contributed by atoms with Gasteiger partial charge < -0.3 is 9.47 Å². The molecule has 0 amide bonds. The van der Waals surface area contributed by atoms with Crippen molar-refractivity contribution in [1.82, 2.24) is 0 Å². The molecular formula is C13H26O3. The Labute approximate surface area is 99.5 Å². The van der Waals surface area contributed by atoms with Gasteiger partial charge in [0.15, 0.2) is 0 Å². The van der Waals surface area contributed by atoms with Crippen LogP contribution in [-0.2, 0) is 9.47 Å². The first-order valence-electron chi connectivity index (χ1n) is 6.43. The highest BCUT2D eigenvalue weighted by Gasteiger charge is 2.11. The summed E-state index contributed by atoms with van der Waals surface area (Å²) in [6, 6.07) is 0. The van der Waals surface area contributed by atoms with E-state index in [9.17, 15) is 4.79 Å². The molecule has 0 aliphatic carbocycles. The zero-order chi connectivity index (χ0) is 12.4. The van der Waals surface area contributed by atoms with Crippen LogP contribution in [-0.4, -0.2) is 18.9 Å². The maximum absolute atomic E-state index is 11.3. The third-order valence-electron chi connectivity index (χ3n) is 2.53. The topological polar surface area (TPSA) is 35.5 Å². The highest BCUT2D eigenvalue weighted by molar-refractivity contribution is 5.60. The number of carbonyl (C=O) groups excluding carboxylic acids is 1. The van der Waals surface area contributed by atoms with Crippen LogP contribution in [0, 0.1) is 5.92 Å². The Morgan fingerprint density at radius 3 is 2.38 bits per heavy atom. The maximum Gasteiger partial charge on any atom is 0.508 e. The van der Waals surface area contributed by atoms with E-state index in [1.54, 1.807) is 0 Å². The number of hydrogen-bond donors (Lipinski definition) is 0. The van der Waals surface area contributed by atoms with E-state index < -0.39 is 6.16 Å². The highest BCUT2D eigenvalue weighted by atomic mass is 16.7. The second-order valence-electron chi connectivity index (χ2n) is 4.53. The molecule has 0 N–H and O–H groups in total. The fourth-order valence-corrected chi connectivity index (χ4v) is 1.54. The molecule has 96 valence electrons. The van der Waals surface area contributed by atoms with E-state index in [0.29, 0.717) is 12.5 Å². The Balaban J connectivity index is 3.57. The lowest BCUT2D eigenvalue weighted by Gasteiger charge is -2.14. The predicted octanol–water partition coefficient (Wildman–Crippen LogP) is 4.15. The predicted molar refractivity (Wildman–Crippen MR) is 65.5 cm³/mol. The van der Waals surface area contributed by atoms with E-state index in [2.05, 4.69) is 20.8 Å². The minimum absolute atomic E-state index is 0.0334. The average molecular weight is 230 g/mol. The van der Waals surface area contributed by atoms with Crippen LogP contribution in [0.3, 0.4) is 0 Å². The summed E-state index contributed by atoms with van der Waals surface area (Å²) >= 11 is 0. The normalized spacial score (nSPS) is 14.2. The van der Waals surface area contributed by atoms with Crippen molar-refractivity contribution >= 4 is 6.16 Å². The molecule has 2 unspecified atom stereocenters. The average Bonchev–Trinajstić information content (AvgIpc) is 2.24. The van der Waals surface area contributed by atoms with Crippen LogP contribution in [0.4, 0.5) is 4.79 Å². The summed E-state index contributed by atoms with van der Waals surface area (Å²) in [4.78, 5) is 11.3. The minimum Gasteiger partial charge on any atom is -0.434 e. The number of unbranched alkanes of at least 4 members (excludes halogenated alkanes) is 1. The zero-order valence-electron chi connectivity index (χ0n) is 11.1. The first kappa shape index (κ1) is 15.3. The van der Waals surface area contributed by atoms with E-state index in [-0.39, 0.29) is 6.10 Å². The fourth-order valence-electron chi connectivity index (χ4n) is 1.54. The van der Waals surface area contributed by atoms with Gasteiger partial charge in [0.2, 0.25) is 0 Å². The van der Waals surface area contributed by atoms with Gasteiger partial charge in [-0.2, -0.15) is 0 Å². The van der Waals surface area contributed by atoms with E-state index in [0.717, 1.165) is 32.1 Å². The van der Waals surface area contributed by atoms with Crippen LogP contribution >= 0.6 is 0 Å². The Kier molecular flexibility index (Phi) is 9.06. The molecular weight excluding hydrogens is 204 g/mol. The molecule has 2 atom stereocenters. The molecule has 16 heavy (non-hydrogen) atoms. The molecule has 0 heterocycles. The Bertz CT molecular complexity index is 180. The van der Waals surface area contributed by atoms with Crippen molar-refractivity contribution in [3.63, 3.8) is 0 Å². The van der Waals surface area contributed by atoms with Crippen LogP contribution in [0.5, 0.6) is 0 Å². The lowest BCUT2D eigenvalue weighted by molar-refractivity contribution is 0.0184. The molecule has 0 rings (SSSR count). The first-order valence-corrected chi connectivity index (χ1v) is 6.43. The number of carbonyl (C=O) groups is 1. The van der Waals surface area contributed by atoms with Crippen molar-refractivity contribution in [3.05, 3.63) is 0 Å². The molecule has 0 saturated heterocycles. The van der Waals surface area contributed by atoms with Crippen molar-refractivity contribution in [2.45, 2.75) is 65.9 Å². The van der Waals surface area contributed by atoms with Crippen LogP contribution in [0.15, 0.2) is 0 Å². The lowest BCUT2D eigenvalue weighted by Crippen LogP contribution is -2.18. The van der Waals surface area contributed by atoms with Crippen molar-refractivity contribution in [2.24, 2.45) is 5.92 Å². The molecule has 0 spiro atoms. The summed E-state index contributed by atoms with van der Waals surface area (Å²) in [7, 11) is 0. The van der Waals surface area contributed by atoms with Crippen molar-refractivity contribution in [1.29, 1.82) is 0 Å². The van der Waals surface area contributed by atoms with Gasteiger partial charge in [0.05, 0.1) is 6.61 Å². The number of rotatable bonds is 8. The second kappa shape index (κ2) is 9.49. The molecule has 0 aliphatic heterocycles. The van der Waals surface area contributed by atoms with Gasteiger partial charge in [0.25, 0.3) is 0 Å². The highest BCUT2D eigenvalue weighted by Crippen LogP contribution is 2.08. The Hall–Kier alpha value is -0.730.